The van der Waals surface area contributed by atoms with Crippen molar-refractivity contribution in [1.82, 2.24) is 11.1 Å². The van der Waals surface area contributed by atoms with Gasteiger partial charge in [0, 0.05) is 0 Å². The maximum Gasteiger partial charge on any atom is -0.00187 e. The maximum absolute atomic E-state index is 2.81. The summed E-state index contributed by atoms with van der Waals surface area (Å²) in [5, 5.41) is 0. The van der Waals surface area contributed by atoms with Crippen molar-refractivity contribution >= 4 is 0 Å². The molecule has 0 unspecified atom stereocenters. The van der Waals surface area contributed by atoms with Crippen LogP contribution in [0.5, 0.6) is 0 Å². The normalized spacial score (nSPS) is 11.2. The van der Waals surface area contributed by atoms with Crippen molar-refractivity contribution < 1.29 is 0 Å². The summed E-state index contributed by atoms with van der Waals surface area (Å²) in [7, 11) is 0. The fourth-order valence-corrected chi connectivity index (χ4v) is 4.21. The molecular formula is C27H60N2. The van der Waals surface area contributed by atoms with Crippen LogP contribution >= 0.6 is 0 Å². The van der Waals surface area contributed by atoms with Gasteiger partial charge in [0.1, 0.15) is 0 Å². The van der Waals surface area contributed by atoms with E-state index in [4.69, 9.17) is 0 Å². The summed E-state index contributed by atoms with van der Waals surface area (Å²) in [6.45, 7) is 11.0. The van der Waals surface area contributed by atoms with Crippen molar-refractivity contribution in [3.05, 3.63) is 0 Å². The van der Waals surface area contributed by atoms with Gasteiger partial charge in [-0.1, -0.05) is 136 Å². The van der Waals surface area contributed by atoms with E-state index in [0.717, 1.165) is 0 Å². The minimum atomic E-state index is 0. The summed E-state index contributed by atoms with van der Waals surface area (Å²) in [4.78, 5) is 2.81. The first-order valence-electron chi connectivity index (χ1n) is 13.6. The van der Waals surface area contributed by atoms with Crippen molar-refractivity contribution in [3.8, 4) is 0 Å². The molecule has 2 heteroatoms. The molecule has 0 bridgehead atoms. The Kier molecular flexibility index (Phi) is 29.9. The van der Waals surface area contributed by atoms with Crippen LogP contribution in [-0.4, -0.2) is 24.5 Å². The zero-order valence-corrected chi connectivity index (χ0v) is 21.1. The quantitative estimate of drug-likeness (QED) is 0.160. The average molecular weight is 413 g/mol. The van der Waals surface area contributed by atoms with Gasteiger partial charge < -0.3 is 11.1 Å². The highest BCUT2D eigenvalue weighted by atomic mass is 15.1. The monoisotopic (exact) mass is 412 g/mol. The van der Waals surface area contributed by atoms with Crippen LogP contribution in [0.3, 0.4) is 0 Å². The minimum absolute atomic E-state index is 0. The molecule has 0 saturated heterocycles. The molecule has 0 aliphatic rings. The predicted molar refractivity (Wildman–Crippen MR) is 135 cm³/mol. The molecule has 0 rings (SSSR count). The van der Waals surface area contributed by atoms with Crippen molar-refractivity contribution in [2.24, 2.45) is 0 Å². The first-order valence-corrected chi connectivity index (χ1v) is 13.6. The molecule has 0 aliphatic heterocycles. The molecule has 0 spiro atoms. The lowest BCUT2D eigenvalue weighted by Gasteiger charge is -2.22. The predicted octanol–water partition coefficient (Wildman–Crippen LogP) is 9.70. The maximum atomic E-state index is 2.81. The van der Waals surface area contributed by atoms with Crippen LogP contribution in [0.25, 0.3) is 0 Å². The second-order valence-electron chi connectivity index (χ2n) is 9.21. The zero-order valence-electron chi connectivity index (χ0n) is 21.1. The zero-order chi connectivity index (χ0) is 20.5. The van der Waals surface area contributed by atoms with E-state index in [9.17, 15) is 0 Å². The van der Waals surface area contributed by atoms with E-state index in [1.54, 1.807) is 0 Å². The molecule has 0 aromatic carbocycles. The standard InChI is InChI=1S/C27H57N.H3N/c1-4-7-10-13-16-19-22-25-28(26-23-20-17-14-11-8-5-2)27-24-21-18-15-12-9-6-3;/h4-27H2,1-3H3;1H3. The van der Waals surface area contributed by atoms with Gasteiger partial charge in [0.15, 0.2) is 0 Å². The van der Waals surface area contributed by atoms with Crippen molar-refractivity contribution in [3.63, 3.8) is 0 Å². The third-order valence-corrected chi connectivity index (χ3v) is 6.23. The molecular weight excluding hydrogens is 352 g/mol. The summed E-state index contributed by atoms with van der Waals surface area (Å²) in [5.41, 5.74) is 0. The highest BCUT2D eigenvalue weighted by molar-refractivity contribution is 4.60. The van der Waals surface area contributed by atoms with Crippen LogP contribution in [0.4, 0.5) is 0 Å². The Morgan fingerprint density at radius 2 is 0.517 bits per heavy atom. The largest absolute Gasteiger partial charge is 0.344 e. The van der Waals surface area contributed by atoms with E-state index in [2.05, 4.69) is 25.7 Å². The number of hydrogen-bond acceptors (Lipinski definition) is 2. The van der Waals surface area contributed by atoms with Gasteiger partial charge in [-0.2, -0.15) is 0 Å². The van der Waals surface area contributed by atoms with E-state index < -0.39 is 0 Å². The Bertz CT molecular complexity index is 224. The number of hydrogen-bond donors (Lipinski definition) is 1. The highest BCUT2D eigenvalue weighted by Gasteiger charge is 2.05. The van der Waals surface area contributed by atoms with E-state index in [0.29, 0.717) is 0 Å². The summed E-state index contributed by atoms with van der Waals surface area (Å²) >= 11 is 0. The van der Waals surface area contributed by atoms with E-state index >= 15 is 0 Å². The second kappa shape index (κ2) is 27.9. The van der Waals surface area contributed by atoms with Crippen LogP contribution in [-0.2, 0) is 0 Å². The second-order valence-corrected chi connectivity index (χ2v) is 9.21. The van der Waals surface area contributed by atoms with Gasteiger partial charge >= 0.3 is 0 Å². The summed E-state index contributed by atoms with van der Waals surface area (Å²) in [5.74, 6) is 0. The molecule has 2 nitrogen and oxygen atoms in total. The lowest BCUT2D eigenvalue weighted by atomic mass is 10.1. The van der Waals surface area contributed by atoms with Crippen LogP contribution in [0.15, 0.2) is 0 Å². The van der Waals surface area contributed by atoms with E-state index in [1.165, 1.54) is 154 Å². The Morgan fingerprint density at radius 1 is 0.310 bits per heavy atom. The van der Waals surface area contributed by atoms with Crippen LogP contribution < -0.4 is 6.15 Å². The van der Waals surface area contributed by atoms with Crippen molar-refractivity contribution in [2.45, 2.75) is 156 Å². The third-order valence-electron chi connectivity index (χ3n) is 6.23. The van der Waals surface area contributed by atoms with Gasteiger partial charge in [-0.15, -0.1) is 0 Å². The molecule has 178 valence electrons. The van der Waals surface area contributed by atoms with E-state index in [1.807, 2.05) is 0 Å². The lowest BCUT2D eigenvalue weighted by Crippen LogP contribution is -2.27. The molecule has 3 N–H and O–H groups in total. The number of rotatable bonds is 24. The first-order chi connectivity index (χ1) is 13.8. The van der Waals surface area contributed by atoms with E-state index in [-0.39, 0.29) is 6.15 Å². The summed E-state index contributed by atoms with van der Waals surface area (Å²) in [6.07, 6.45) is 30.2. The third kappa shape index (κ3) is 25.9. The molecule has 0 fully saturated rings. The van der Waals surface area contributed by atoms with Crippen LogP contribution in [0.2, 0.25) is 0 Å². The first kappa shape index (κ1) is 31.1. The summed E-state index contributed by atoms with van der Waals surface area (Å²) < 4.78 is 0. The fourth-order valence-electron chi connectivity index (χ4n) is 4.21. The van der Waals surface area contributed by atoms with Gasteiger partial charge in [0.05, 0.1) is 0 Å². The van der Waals surface area contributed by atoms with Gasteiger partial charge in [-0.3, -0.25) is 0 Å². The smallest absolute Gasteiger partial charge is 0.00187 e. The SMILES string of the molecule is CCCCCCCCCN(CCCCCCCCC)CCCCCCCCC.N. The molecule has 0 atom stereocenters. The minimum Gasteiger partial charge on any atom is -0.344 e. The number of nitrogens with zero attached hydrogens (tertiary/aromatic N) is 1. The van der Waals surface area contributed by atoms with Gasteiger partial charge in [0.25, 0.3) is 0 Å². The molecule has 0 heterocycles. The van der Waals surface area contributed by atoms with Gasteiger partial charge in [-0.05, 0) is 38.9 Å². The highest BCUT2D eigenvalue weighted by Crippen LogP contribution is 2.12. The number of unbranched alkanes of at least 4 members (excludes halogenated alkanes) is 18. The Hall–Kier alpha value is -0.0800. The molecule has 29 heavy (non-hydrogen) atoms. The van der Waals surface area contributed by atoms with Gasteiger partial charge in [-0.25, -0.2) is 0 Å². The Labute approximate surface area is 186 Å². The molecule has 0 aromatic rings. The molecule has 0 amide bonds. The van der Waals surface area contributed by atoms with Crippen molar-refractivity contribution in [2.75, 3.05) is 19.6 Å². The lowest BCUT2D eigenvalue weighted by molar-refractivity contribution is 0.254. The molecule has 0 aromatic heterocycles. The molecule has 0 radical (unpaired) electrons. The van der Waals surface area contributed by atoms with Gasteiger partial charge in [0.2, 0.25) is 0 Å². The fraction of sp³-hybridized carbons (Fsp3) is 1.00. The topological polar surface area (TPSA) is 38.2 Å². The molecule has 0 saturated carbocycles. The Morgan fingerprint density at radius 3 is 0.759 bits per heavy atom. The van der Waals surface area contributed by atoms with Crippen LogP contribution in [0, 0.1) is 0 Å². The summed E-state index contributed by atoms with van der Waals surface area (Å²) in [6, 6.07) is 0. The Balaban J connectivity index is 0. The van der Waals surface area contributed by atoms with Crippen LogP contribution in [0.1, 0.15) is 156 Å². The molecule has 0 aliphatic carbocycles. The average Bonchev–Trinajstić information content (AvgIpc) is 2.71. The van der Waals surface area contributed by atoms with Crippen molar-refractivity contribution in [1.29, 1.82) is 0 Å².